The average molecular weight is 447 g/mol. The molecule has 5 rings (SSSR count). The third kappa shape index (κ3) is 3.99. The maximum absolute atomic E-state index is 13.6. The van der Waals surface area contributed by atoms with Gasteiger partial charge in [-0.05, 0) is 72.7 Å². The number of amides is 1. The predicted octanol–water partition coefficient (Wildman–Crippen LogP) is 7.36. The largest absolute Gasteiger partial charge is 0.362 e. The molecule has 1 aliphatic heterocycles. The van der Waals surface area contributed by atoms with Crippen molar-refractivity contribution in [1.29, 1.82) is 0 Å². The van der Waals surface area contributed by atoms with Crippen LogP contribution >= 0.6 is 0 Å². The average Bonchev–Trinajstić information content (AvgIpc) is 3.25. The van der Waals surface area contributed by atoms with Crippen LogP contribution in [0, 0.1) is 27.7 Å². The van der Waals surface area contributed by atoms with Crippen molar-refractivity contribution in [3.63, 3.8) is 0 Å². The Morgan fingerprint density at radius 3 is 2.06 bits per heavy atom. The van der Waals surface area contributed by atoms with E-state index in [1.165, 1.54) is 27.9 Å². The van der Waals surface area contributed by atoms with Crippen LogP contribution in [0.4, 0.5) is 11.4 Å². The van der Waals surface area contributed by atoms with Gasteiger partial charge in [0, 0.05) is 30.0 Å². The summed E-state index contributed by atoms with van der Waals surface area (Å²) in [6, 6.07) is 27.0. The van der Waals surface area contributed by atoms with Gasteiger partial charge in [0.25, 0.3) is 5.91 Å². The number of fused-ring (bicyclic) bond motifs is 1. The monoisotopic (exact) mass is 446 g/mol. The molecule has 4 aromatic rings. The Morgan fingerprint density at radius 2 is 1.38 bits per heavy atom. The first-order chi connectivity index (χ1) is 16.4. The molecule has 0 unspecified atom stereocenters. The molecule has 3 heteroatoms. The predicted molar refractivity (Wildman–Crippen MR) is 142 cm³/mol. The lowest BCUT2D eigenvalue weighted by molar-refractivity contribution is 0.102. The fraction of sp³-hybridized carbons (Fsp3) is 0.194. The second-order valence-corrected chi connectivity index (χ2v) is 9.35. The number of carbonyl (C=O) groups is 1. The molecule has 170 valence electrons. The molecular weight excluding hydrogens is 416 g/mol. The lowest BCUT2D eigenvalue weighted by atomic mass is 9.97. The SMILES string of the molecule is Cc1ccc(-c2ccccc2C(=O)Nc2c(C)cc(C)c(N3Cc4ccccc4C3)c2C)cc1. The van der Waals surface area contributed by atoms with Gasteiger partial charge in [-0.15, -0.1) is 0 Å². The number of anilines is 2. The number of hydrogen-bond acceptors (Lipinski definition) is 2. The Morgan fingerprint density at radius 1 is 0.765 bits per heavy atom. The number of hydrogen-bond donors (Lipinski definition) is 1. The maximum Gasteiger partial charge on any atom is 0.256 e. The Bertz CT molecular complexity index is 1360. The van der Waals surface area contributed by atoms with Gasteiger partial charge < -0.3 is 10.2 Å². The van der Waals surface area contributed by atoms with Crippen molar-refractivity contribution in [1.82, 2.24) is 0 Å². The summed E-state index contributed by atoms with van der Waals surface area (Å²) in [6.45, 7) is 10.2. The molecule has 0 radical (unpaired) electrons. The first-order valence-corrected chi connectivity index (χ1v) is 11.8. The fourth-order valence-corrected chi connectivity index (χ4v) is 5.19. The Kier molecular flexibility index (Phi) is 5.70. The van der Waals surface area contributed by atoms with E-state index in [-0.39, 0.29) is 5.91 Å². The van der Waals surface area contributed by atoms with Crippen LogP contribution in [-0.4, -0.2) is 5.91 Å². The molecule has 34 heavy (non-hydrogen) atoms. The number of nitrogens with one attached hydrogen (secondary N) is 1. The topological polar surface area (TPSA) is 32.3 Å². The van der Waals surface area contributed by atoms with Gasteiger partial charge in [0.05, 0.1) is 0 Å². The van der Waals surface area contributed by atoms with E-state index in [0.29, 0.717) is 5.56 Å². The van der Waals surface area contributed by atoms with E-state index >= 15 is 0 Å². The summed E-state index contributed by atoms with van der Waals surface area (Å²) in [6.07, 6.45) is 0. The zero-order chi connectivity index (χ0) is 23.8. The van der Waals surface area contributed by atoms with Gasteiger partial charge in [-0.3, -0.25) is 4.79 Å². The normalized spacial score (nSPS) is 12.5. The van der Waals surface area contributed by atoms with Crippen molar-refractivity contribution in [2.45, 2.75) is 40.8 Å². The highest BCUT2D eigenvalue weighted by molar-refractivity contribution is 6.09. The van der Waals surface area contributed by atoms with Crippen LogP contribution in [-0.2, 0) is 13.1 Å². The highest BCUT2D eigenvalue weighted by atomic mass is 16.1. The number of benzene rings is 4. The molecule has 4 aromatic carbocycles. The first-order valence-electron chi connectivity index (χ1n) is 11.8. The Balaban J connectivity index is 1.49. The van der Waals surface area contributed by atoms with E-state index in [0.717, 1.165) is 41.0 Å². The van der Waals surface area contributed by atoms with Gasteiger partial charge >= 0.3 is 0 Å². The zero-order valence-corrected chi connectivity index (χ0v) is 20.3. The van der Waals surface area contributed by atoms with Crippen molar-refractivity contribution < 1.29 is 4.79 Å². The van der Waals surface area contributed by atoms with Crippen molar-refractivity contribution in [2.75, 3.05) is 10.2 Å². The van der Waals surface area contributed by atoms with Crippen LogP contribution in [0.1, 0.15) is 43.7 Å². The lowest BCUT2D eigenvalue weighted by Gasteiger charge is -2.26. The van der Waals surface area contributed by atoms with Crippen molar-refractivity contribution in [3.05, 3.63) is 118 Å². The van der Waals surface area contributed by atoms with Gasteiger partial charge in [-0.25, -0.2) is 0 Å². The first kappa shape index (κ1) is 22.0. The fourth-order valence-electron chi connectivity index (χ4n) is 5.19. The summed E-state index contributed by atoms with van der Waals surface area (Å²) in [5, 5.41) is 3.26. The van der Waals surface area contributed by atoms with Crippen LogP contribution in [0.3, 0.4) is 0 Å². The number of carbonyl (C=O) groups excluding carboxylic acids is 1. The summed E-state index contributed by atoms with van der Waals surface area (Å²) in [4.78, 5) is 16.0. The molecule has 3 nitrogen and oxygen atoms in total. The number of rotatable bonds is 4. The van der Waals surface area contributed by atoms with Gasteiger partial charge in [0.15, 0.2) is 0 Å². The smallest absolute Gasteiger partial charge is 0.256 e. The highest BCUT2D eigenvalue weighted by Gasteiger charge is 2.24. The third-order valence-corrected chi connectivity index (χ3v) is 6.86. The molecule has 0 atom stereocenters. The van der Waals surface area contributed by atoms with Crippen molar-refractivity contribution in [2.24, 2.45) is 0 Å². The molecule has 1 amide bonds. The van der Waals surface area contributed by atoms with Crippen LogP contribution in [0.2, 0.25) is 0 Å². The molecule has 0 fully saturated rings. The molecule has 0 bridgehead atoms. The standard InChI is InChI=1S/C31H30N2O/c1-20-13-15-24(16-14-20)27-11-7-8-12-28(27)31(34)32-29-21(2)17-22(3)30(23(29)4)33-18-25-9-5-6-10-26(25)19-33/h5-17H,18-19H2,1-4H3,(H,32,34). The van der Waals surface area contributed by atoms with E-state index in [2.05, 4.69) is 92.5 Å². The minimum atomic E-state index is -0.0816. The van der Waals surface area contributed by atoms with E-state index in [1.54, 1.807) is 0 Å². The minimum Gasteiger partial charge on any atom is -0.362 e. The molecule has 1 aliphatic rings. The number of nitrogens with zero attached hydrogens (tertiary/aromatic N) is 1. The Labute approximate surface area is 202 Å². The zero-order valence-electron chi connectivity index (χ0n) is 20.3. The quantitative estimate of drug-likeness (QED) is 0.355. The molecule has 0 saturated heterocycles. The summed E-state index contributed by atoms with van der Waals surface area (Å²) < 4.78 is 0. The molecule has 0 aromatic heterocycles. The third-order valence-electron chi connectivity index (χ3n) is 6.86. The minimum absolute atomic E-state index is 0.0816. The molecule has 1 N–H and O–H groups in total. The molecule has 1 heterocycles. The van der Waals surface area contributed by atoms with Crippen LogP contribution < -0.4 is 10.2 Å². The molecule has 0 spiro atoms. The van der Waals surface area contributed by atoms with Gasteiger partial charge in [0.2, 0.25) is 0 Å². The summed E-state index contributed by atoms with van der Waals surface area (Å²) in [7, 11) is 0. The lowest BCUT2D eigenvalue weighted by Crippen LogP contribution is -2.20. The van der Waals surface area contributed by atoms with Crippen LogP contribution in [0.5, 0.6) is 0 Å². The van der Waals surface area contributed by atoms with Crippen LogP contribution in [0.15, 0.2) is 78.9 Å². The van der Waals surface area contributed by atoms with Gasteiger partial charge in [-0.1, -0.05) is 78.4 Å². The van der Waals surface area contributed by atoms with Gasteiger partial charge in [0.1, 0.15) is 0 Å². The summed E-state index contributed by atoms with van der Waals surface area (Å²) in [5.41, 5.74) is 12.2. The second kappa shape index (κ2) is 8.83. The Hall–Kier alpha value is -3.85. The van der Waals surface area contributed by atoms with E-state index in [4.69, 9.17) is 0 Å². The maximum atomic E-state index is 13.6. The van der Waals surface area contributed by atoms with Gasteiger partial charge in [-0.2, -0.15) is 0 Å². The highest BCUT2D eigenvalue weighted by Crippen LogP contribution is 2.38. The van der Waals surface area contributed by atoms with Crippen molar-refractivity contribution >= 4 is 17.3 Å². The van der Waals surface area contributed by atoms with Crippen molar-refractivity contribution in [3.8, 4) is 11.1 Å². The summed E-state index contributed by atoms with van der Waals surface area (Å²) in [5.74, 6) is -0.0816. The van der Waals surface area contributed by atoms with E-state index in [1.807, 2.05) is 24.3 Å². The number of aryl methyl sites for hydroxylation is 3. The molecular formula is C31H30N2O. The van der Waals surface area contributed by atoms with Crippen LogP contribution in [0.25, 0.3) is 11.1 Å². The van der Waals surface area contributed by atoms with E-state index < -0.39 is 0 Å². The second-order valence-electron chi connectivity index (χ2n) is 9.35. The molecule has 0 saturated carbocycles. The van der Waals surface area contributed by atoms with E-state index in [9.17, 15) is 4.79 Å². The molecule has 0 aliphatic carbocycles. The summed E-state index contributed by atoms with van der Waals surface area (Å²) >= 11 is 0.